The highest BCUT2D eigenvalue weighted by Crippen LogP contribution is 2.30. The monoisotopic (exact) mass is 350 g/mol. The number of nitrogens with one attached hydrogen (secondary N) is 1. The number of methoxy groups -OCH3 is 1. The van der Waals surface area contributed by atoms with Gasteiger partial charge in [0, 0.05) is 22.8 Å². The quantitative estimate of drug-likeness (QED) is 0.645. The first-order chi connectivity index (χ1) is 10.0. The predicted octanol–water partition coefficient (Wildman–Crippen LogP) is 4.29. The van der Waals surface area contributed by atoms with Crippen LogP contribution in [0.2, 0.25) is 0 Å². The van der Waals surface area contributed by atoms with E-state index in [2.05, 4.69) is 21.2 Å². The molecule has 0 spiro atoms. The lowest BCUT2D eigenvalue weighted by Gasteiger charge is -2.09. The van der Waals surface area contributed by atoms with E-state index in [4.69, 9.17) is 4.74 Å². The smallest absolute Gasteiger partial charge is 0.312 e. The minimum absolute atomic E-state index is 0.0485. The Morgan fingerprint density at radius 2 is 2.05 bits per heavy atom. The van der Waals surface area contributed by atoms with Gasteiger partial charge in [0.2, 0.25) is 0 Å². The molecule has 110 valence electrons. The first-order valence-corrected chi connectivity index (χ1v) is 7.12. The third kappa shape index (κ3) is 3.72. The van der Waals surface area contributed by atoms with Gasteiger partial charge in [-0.3, -0.25) is 10.1 Å². The number of nitro groups is 1. The number of hydrogen-bond acceptors (Lipinski definition) is 4. The number of aryl methyl sites for hydroxylation is 1. The molecule has 0 saturated carbocycles. The summed E-state index contributed by atoms with van der Waals surface area (Å²) in [5.74, 6) is 0.253. The molecule has 1 N–H and O–H groups in total. The summed E-state index contributed by atoms with van der Waals surface area (Å²) in [4.78, 5) is 10.5. The fourth-order valence-corrected chi connectivity index (χ4v) is 2.32. The molecule has 0 aliphatic heterocycles. The van der Waals surface area contributed by atoms with Crippen molar-refractivity contribution >= 4 is 27.3 Å². The molecule has 2 aromatic rings. The van der Waals surface area contributed by atoms with E-state index in [0.717, 1.165) is 10.0 Å². The van der Waals surface area contributed by atoms with Gasteiger partial charge >= 0.3 is 5.69 Å². The molecule has 6 heteroatoms. The molecule has 0 heterocycles. The number of nitro benzene ring substituents is 1. The summed E-state index contributed by atoms with van der Waals surface area (Å²) in [5.41, 5.74) is 2.89. The van der Waals surface area contributed by atoms with E-state index >= 15 is 0 Å². The number of halogens is 1. The number of hydrogen-bond donors (Lipinski definition) is 1. The molecule has 0 saturated heterocycles. The highest BCUT2D eigenvalue weighted by molar-refractivity contribution is 9.10. The maximum Gasteiger partial charge on any atom is 0.312 e. The van der Waals surface area contributed by atoms with Crippen molar-refractivity contribution < 1.29 is 9.66 Å². The van der Waals surface area contributed by atoms with Crippen molar-refractivity contribution in [3.05, 3.63) is 62.1 Å². The summed E-state index contributed by atoms with van der Waals surface area (Å²) in [5, 5.41) is 14.2. The van der Waals surface area contributed by atoms with Crippen molar-refractivity contribution in [1.29, 1.82) is 0 Å². The van der Waals surface area contributed by atoms with Crippen molar-refractivity contribution in [2.24, 2.45) is 0 Å². The number of nitrogens with zero attached hydrogens (tertiary/aromatic N) is 1. The maximum atomic E-state index is 11.0. The molecule has 0 amide bonds. The largest absolute Gasteiger partial charge is 0.490 e. The Balaban J connectivity index is 2.14. The van der Waals surface area contributed by atoms with Crippen LogP contribution >= 0.6 is 15.9 Å². The number of rotatable bonds is 5. The summed E-state index contributed by atoms with van der Waals surface area (Å²) in [6.07, 6.45) is 0. The van der Waals surface area contributed by atoms with E-state index in [1.807, 2.05) is 25.1 Å². The zero-order valence-corrected chi connectivity index (χ0v) is 13.3. The molecule has 2 rings (SSSR count). The highest BCUT2D eigenvalue weighted by atomic mass is 79.9. The molecular formula is C15H15BrN2O3. The molecule has 0 aliphatic rings. The van der Waals surface area contributed by atoms with Crippen LogP contribution in [0.15, 0.2) is 40.9 Å². The Morgan fingerprint density at radius 1 is 1.29 bits per heavy atom. The molecule has 5 nitrogen and oxygen atoms in total. The topological polar surface area (TPSA) is 64.4 Å². The summed E-state index contributed by atoms with van der Waals surface area (Å²) < 4.78 is 6.02. The number of benzene rings is 2. The third-order valence-electron chi connectivity index (χ3n) is 3.11. The lowest BCUT2D eigenvalue weighted by atomic mass is 10.1. The van der Waals surface area contributed by atoms with E-state index in [1.165, 1.54) is 18.7 Å². The summed E-state index contributed by atoms with van der Waals surface area (Å²) in [6, 6.07) is 10.9. The van der Waals surface area contributed by atoms with Crippen molar-refractivity contribution in [2.45, 2.75) is 13.5 Å². The van der Waals surface area contributed by atoms with Gasteiger partial charge in [-0.05, 0) is 36.2 Å². The normalized spacial score (nSPS) is 10.2. The summed E-state index contributed by atoms with van der Waals surface area (Å²) in [6.45, 7) is 2.61. The predicted molar refractivity (Wildman–Crippen MR) is 85.9 cm³/mol. The highest BCUT2D eigenvalue weighted by Gasteiger charge is 2.14. The van der Waals surface area contributed by atoms with Crippen LogP contribution < -0.4 is 10.1 Å². The molecule has 21 heavy (non-hydrogen) atoms. The van der Waals surface area contributed by atoms with E-state index in [0.29, 0.717) is 12.2 Å². The van der Waals surface area contributed by atoms with Gasteiger partial charge in [-0.1, -0.05) is 28.1 Å². The van der Waals surface area contributed by atoms with Gasteiger partial charge in [-0.15, -0.1) is 0 Å². The first kappa shape index (κ1) is 15.3. The van der Waals surface area contributed by atoms with E-state index in [1.54, 1.807) is 12.1 Å². The van der Waals surface area contributed by atoms with Crippen molar-refractivity contribution in [3.63, 3.8) is 0 Å². The number of anilines is 1. The van der Waals surface area contributed by atoms with E-state index < -0.39 is 4.92 Å². The molecule has 0 atom stereocenters. The SMILES string of the molecule is COc1ccc(NCc2ccc(C)c(Br)c2)cc1[N+](=O)[O-]. The van der Waals surface area contributed by atoms with Crippen LogP contribution in [-0.2, 0) is 6.54 Å². The molecule has 0 radical (unpaired) electrons. The van der Waals surface area contributed by atoms with Crippen LogP contribution in [0.25, 0.3) is 0 Å². The molecule has 0 unspecified atom stereocenters. The Morgan fingerprint density at radius 3 is 2.67 bits per heavy atom. The Hall–Kier alpha value is -2.08. The second kappa shape index (κ2) is 6.58. The maximum absolute atomic E-state index is 11.0. The lowest BCUT2D eigenvalue weighted by molar-refractivity contribution is -0.385. The van der Waals surface area contributed by atoms with Gasteiger partial charge in [0.25, 0.3) is 0 Å². The molecule has 0 bridgehead atoms. The van der Waals surface area contributed by atoms with E-state index in [9.17, 15) is 10.1 Å². The lowest BCUT2D eigenvalue weighted by Crippen LogP contribution is -2.01. The molecular weight excluding hydrogens is 336 g/mol. The zero-order chi connectivity index (χ0) is 15.4. The molecule has 0 aliphatic carbocycles. The van der Waals surface area contributed by atoms with Crippen molar-refractivity contribution in [3.8, 4) is 5.75 Å². The standard InChI is InChI=1S/C15H15BrN2O3/c1-10-3-4-11(7-13(10)16)9-17-12-5-6-15(21-2)14(8-12)18(19)20/h3-8,17H,9H2,1-2H3. The molecule has 2 aromatic carbocycles. The summed E-state index contributed by atoms with van der Waals surface area (Å²) in [7, 11) is 1.42. The average Bonchev–Trinajstić information content (AvgIpc) is 2.48. The third-order valence-corrected chi connectivity index (χ3v) is 3.96. The minimum Gasteiger partial charge on any atom is -0.490 e. The van der Waals surface area contributed by atoms with Gasteiger partial charge in [0.05, 0.1) is 12.0 Å². The summed E-state index contributed by atoms with van der Waals surface area (Å²) >= 11 is 3.49. The zero-order valence-electron chi connectivity index (χ0n) is 11.7. The van der Waals surface area contributed by atoms with Gasteiger partial charge in [0.15, 0.2) is 5.75 Å². The molecule has 0 fully saturated rings. The van der Waals surface area contributed by atoms with Gasteiger partial charge in [-0.2, -0.15) is 0 Å². The van der Waals surface area contributed by atoms with Crippen molar-refractivity contribution in [1.82, 2.24) is 0 Å². The Bertz CT molecular complexity index is 674. The minimum atomic E-state index is -0.452. The Labute approximate surface area is 131 Å². The first-order valence-electron chi connectivity index (χ1n) is 6.32. The van der Waals surface area contributed by atoms with Crippen LogP contribution in [0, 0.1) is 17.0 Å². The second-order valence-corrected chi connectivity index (χ2v) is 5.44. The van der Waals surface area contributed by atoms with Crippen LogP contribution in [-0.4, -0.2) is 12.0 Å². The van der Waals surface area contributed by atoms with Crippen LogP contribution in [0.4, 0.5) is 11.4 Å². The van der Waals surface area contributed by atoms with Gasteiger partial charge in [-0.25, -0.2) is 0 Å². The van der Waals surface area contributed by atoms with Crippen molar-refractivity contribution in [2.75, 3.05) is 12.4 Å². The fourth-order valence-electron chi connectivity index (χ4n) is 1.89. The van der Waals surface area contributed by atoms with E-state index in [-0.39, 0.29) is 11.4 Å². The Kier molecular flexibility index (Phi) is 4.80. The fraction of sp³-hybridized carbons (Fsp3) is 0.200. The van der Waals surface area contributed by atoms with Gasteiger partial charge < -0.3 is 10.1 Å². The molecule has 0 aromatic heterocycles. The number of ether oxygens (including phenoxy) is 1. The van der Waals surface area contributed by atoms with Gasteiger partial charge in [0.1, 0.15) is 0 Å². The van der Waals surface area contributed by atoms with Crippen LogP contribution in [0.3, 0.4) is 0 Å². The average molecular weight is 351 g/mol. The van der Waals surface area contributed by atoms with Crippen LogP contribution in [0.1, 0.15) is 11.1 Å². The van der Waals surface area contributed by atoms with Crippen LogP contribution in [0.5, 0.6) is 5.75 Å². The second-order valence-electron chi connectivity index (χ2n) is 4.58.